The lowest BCUT2D eigenvalue weighted by atomic mass is 9.93. The molecular weight excluding hydrogens is 264 g/mol. The fourth-order valence-corrected chi connectivity index (χ4v) is 3.27. The smallest absolute Gasteiger partial charge is 0.0817 e. The fraction of sp³-hybridized carbons (Fsp3) is 0.647. The first-order chi connectivity index (χ1) is 10.2. The van der Waals surface area contributed by atoms with Crippen LogP contribution in [0.1, 0.15) is 18.4 Å². The van der Waals surface area contributed by atoms with Crippen molar-refractivity contribution < 1.29 is 9.84 Å². The number of β-amino-alcohol motifs (C(OH)–C–C–N with tert-alkyl or cyclic N) is 1. The van der Waals surface area contributed by atoms with E-state index in [0.717, 1.165) is 52.1 Å². The van der Waals surface area contributed by atoms with E-state index in [4.69, 9.17) is 4.74 Å². The van der Waals surface area contributed by atoms with E-state index in [1.165, 1.54) is 5.56 Å². The maximum Gasteiger partial charge on any atom is 0.0817 e. The average Bonchev–Trinajstić information content (AvgIpc) is 2.51. The molecule has 4 nitrogen and oxygen atoms in total. The number of aliphatic hydroxyl groups is 1. The van der Waals surface area contributed by atoms with Gasteiger partial charge in [-0.25, -0.2) is 0 Å². The standard InChI is InChI=1S/C17H26N2O2/c20-17(6-12-21-13-7-17)15-19-10-8-18(9-11-19)14-16-4-2-1-3-5-16/h1-5,20H,6-15H2. The van der Waals surface area contributed by atoms with Crippen molar-refractivity contribution in [3.63, 3.8) is 0 Å². The van der Waals surface area contributed by atoms with Gasteiger partial charge in [-0.1, -0.05) is 30.3 Å². The zero-order valence-electron chi connectivity index (χ0n) is 12.7. The summed E-state index contributed by atoms with van der Waals surface area (Å²) in [7, 11) is 0. The van der Waals surface area contributed by atoms with Gasteiger partial charge in [0.05, 0.1) is 5.60 Å². The minimum Gasteiger partial charge on any atom is -0.388 e. The van der Waals surface area contributed by atoms with Crippen LogP contribution >= 0.6 is 0 Å². The molecule has 0 radical (unpaired) electrons. The quantitative estimate of drug-likeness (QED) is 0.908. The SMILES string of the molecule is OC1(CN2CCN(Cc3ccccc3)CC2)CCOCC1. The number of rotatable bonds is 4. The molecule has 1 aromatic carbocycles. The second kappa shape index (κ2) is 6.88. The summed E-state index contributed by atoms with van der Waals surface area (Å²) in [5.74, 6) is 0. The van der Waals surface area contributed by atoms with Crippen LogP contribution in [0.5, 0.6) is 0 Å². The van der Waals surface area contributed by atoms with Gasteiger partial charge in [-0.2, -0.15) is 0 Å². The molecule has 4 heteroatoms. The first-order valence-electron chi connectivity index (χ1n) is 8.02. The highest BCUT2D eigenvalue weighted by molar-refractivity contribution is 5.14. The zero-order chi connectivity index (χ0) is 14.5. The minimum absolute atomic E-state index is 0.528. The molecule has 0 bridgehead atoms. The van der Waals surface area contributed by atoms with Crippen molar-refractivity contribution in [3.05, 3.63) is 35.9 Å². The van der Waals surface area contributed by atoms with E-state index in [9.17, 15) is 5.11 Å². The molecular formula is C17H26N2O2. The molecule has 1 aromatic rings. The highest BCUT2D eigenvalue weighted by Gasteiger charge is 2.32. The number of benzene rings is 1. The van der Waals surface area contributed by atoms with Gasteiger partial charge < -0.3 is 9.84 Å². The van der Waals surface area contributed by atoms with Gasteiger partial charge in [-0.15, -0.1) is 0 Å². The normalized spacial score (nSPS) is 24.0. The van der Waals surface area contributed by atoms with Gasteiger partial charge in [0.2, 0.25) is 0 Å². The van der Waals surface area contributed by atoms with Crippen molar-refractivity contribution in [1.82, 2.24) is 9.80 Å². The Morgan fingerprint density at radius 2 is 1.57 bits per heavy atom. The molecule has 0 amide bonds. The molecule has 0 unspecified atom stereocenters. The number of hydrogen-bond donors (Lipinski definition) is 1. The Bertz CT molecular complexity index is 424. The van der Waals surface area contributed by atoms with Crippen LogP contribution in [-0.2, 0) is 11.3 Å². The van der Waals surface area contributed by atoms with E-state index in [0.29, 0.717) is 13.2 Å². The summed E-state index contributed by atoms with van der Waals surface area (Å²) >= 11 is 0. The molecule has 2 aliphatic rings. The van der Waals surface area contributed by atoms with E-state index >= 15 is 0 Å². The monoisotopic (exact) mass is 290 g/mol. The highest BCUT2D eigenvalue weighted by atomic mass is 16.5. The van der Waals surface area contributed by atoms with Crippen molar-refractivity contribution in [2.45, 2.75) is 25.0 Å². The third-order valence-corrected chi connectivity index (χ3v) is 4.66. The maximum absolute atomic E-state index is 10.6. The summed E-state index contributed by atoms with van der Waals surface area (Å²) < 4.78 is 5.35. The van der Waals surface area contributed by atoms with E-state index in [1.807, 2.05) is 0 Å². The molecule has 0 saturated carbocycles. The van der Waals surface area contributed by atoms with Gasteiger partial charge in [0.15, 0.2) is 0 Å². The van der Waals surface area contributed by atoms with Crippen LogP contribution in [0.4, 0.5) is 0 Å². The Morgan fingerprint density at radius 3 is 2.24 bits per heavy atom. The second-order valence-electron chi connectivity index (χ2n) is 6.37. The zero-order valence-corrected chi connectivity index (χ0v) is 12.7. The summed E-state index contributed by atoms with van der Waals surface area (Å²) in [4.78, 5) is 4.91. The number of nitrogens with zero attached hydrogens (tertiary/aromatic N) is 2. The first kappa shape index (κ1) is 15.0. The van der Waals surface area contributed by atoms with Crippen molar-refractivity contribution in [2.24, 2.45) is 0 Å². The van der Waals surface area contributed by atoms with Crippen molar-refractivity contribution in [1.29, 1.82) is 0 Å². The molecule has 0 aromatic heterocycles. The molecule has 0 spiro atoms. The third-order valence-electron chi connectivity index (χ3n) is 4.66. The Balaban J connectivity index is 1.44. The van der Waals surface area contributed by atoms with Crippen LogP contribution in [-0.4, -0.2) is 66.4 Å². The van der Waals surface area contributed by atoms with Gasteiger partial charge in [0, 0.05) is 65.3 Å². The molecule has 21 heavy (non-hydrogen) atoms. The second-order valence-corrected chi connectivity index (χ2v) is 6.37. The van der Waals surface area contributed by atoms with Crippen LogP contribution in [0.3, 0.4) is 0 Å². The summed E-state index contributed by atoms with van der Waals surface area (Å²) in [5, 5.41) is 10.6. The lowest BCUT2D eigenvalue weighted by Crippen LogP contribution is -2.53. The molecule has 1 N–H and O–H groups in total. The maximum atomic E-state index is 10.6. The lowest BCUT2D eigenvalue weighted by Gasteiger charge is -2.40. The van der Waals surface area contributed by atoms with Crippen LogP contribution in [0.2, 0.25) is 0 Å². The van der Waals surface area contributed by atoms with Gasteiger partial charge in [-0.3, -0.25) is 9.80 Å². The van der Waals surface area contributed by atoms with Gasteiger partial charge in [-0.05, 0) is 5.56 Å². The Kier molecular flexibility index (Phi) is 4.91. The molecule has 116 valence electrons. The van der Waals surface area contributed by atoms with E-state index < -0.39 is 5.60 Å². The van der Waals surface area contributed by atoms with Gasteiger partial charge in [0.25, 0.3) is 0 Å². The average molecular weight is 290 g/mol. The minimum atomic E-state index is -0.528. The predicted molar refractivity (Wildman–Crippen MR) is 83.2 cm³/mol. The van der Waals surface area contributed by atoms with Crippen LogP contribution in [0, 0.1) is 0 Å². The van der Waals surface area contributed by atoms with E-state index in [-0.39, 0.29) is 0 Å². The number of hydrogen-bond acceptors (Lipinski definition) is 4. The number of piperazine rings is 1. The Hall–Kier alpha value is -0.940. The van der Waals surface area contributed by atoms with Crippen LogP contribution in [0.15, 0.2) is 30.3 Å². The van der Waals surface area contributed by atoms with Crippen LogP contribution in [0.25, 0.3) is 0 Å². The lowest BCUT2D eigenvalue weighted by molar-refractivity contribution is -0.0842. The summed E-state index contributed by atoms with van der Waals surface area (Å²) in [6.45, 7) is 7.51. The summed E-state index contributed by atoms with van der Waals surface area (Å²) in [5.41, 5.74) is 0.855. The highest BCUT2D eigenvalue weighted by Crippen LogP contribution is 2.22. The largest absolute Gasteiger partial charge is 0.388 e. The summed E-state index contributed by atoms with van der Waals surface area (Å²) in [6, 6.07) is 10.7. The fourth-order valence-electron chi connectivity index (χ4n) is 3.27. The summed E-state index contributed by atoms with van der Waals surface area (Å²) in [6.07, 6.45) is 1.55. The van der Waals surface area contributed by atoms with E-state index in [1.54, 1.807) is 0 Å². The van der Waals surface area contributed by atoms with Crippen molar-refractivity contribution >= 4 is 0 Å². The molecule has 3 rings (SSSR count). The van der Waals surface area contributed by atoms with Crippen molar-refractivity contribution in [3.8, 4) is 0 Å². The predicted octanol–water partition coefficient (Wildman–Crippen LogP) is 1.35. The number of ether oxygens (including phenoxy) is 1. The van der Waals surface area contributed by atoms with Gasteiger partial charge >= 0.3 is 0 Å². The Morgan fingerprint density at radius 1 is 0.952 bits per heavy atom. The van der Waals surface area contributed by atoms with Crippen molar-refractivity contribution in [2.75, 3.05) is 45.9 Å². The topological polar surface area (TPSA) is 35.9 Å². The molecule has 2 aliphatic heterocycles. The molecule has 2 fully saturated rings. The molecule has 0 aliphatic carbocycles. The molecule has 2 heterocycles. The molecule has 2 saturated heterocycles. The van der Waals surface area contributed by atoms with E-state index in [2.05, 4.69) is 40.1 Å². The van der Waals surface area contributed by atoms with Crippen LogP contribution < -0.4 is 0 Å². The first-order valence-corrected chi connectivity index (χ1v) is 8.02. The van der Waals surface area contributed by atoms with Gasteiger partial charge in [0.1, 0.15) is 0 Å². The Labute approximate surface area is 127 Å². The third kappa shape index (κ3) is 4.27. The molecule has 0 atom stereocenters.